The van der Waals surface area contributed by atoms with Gasteiger partial charge in [-0.2, -0.15) is 0 Å². The number of ether oxygens (including phenoxy) is 1. The highest BCUT2D eigenvalue weighted by Crippen LogP contribution is 2.44. The van der Waals surface area contributed by atoms with Gasteiger partial charge in [0.1, 0.15) is 39.6 Å². The van der Waals surface area contributed by atoms with Gasteiger partial charge >= 0.3 is 6.92 Å². The number of rotatable bonds is 3. The first-order valence-electron chi connectivity index (χ1n) is 20.3. The summed E-state index contributed by atoms with van der Waals surface area (Å²) < 4.78 is 29.1. The average Bonchev–Trinajstić information content (AvgIpc) is 3.98. The summed E-state index contributed by atoms with van der Waals surface area (Å²) in [7, 11) is 0. The number of hydrogen-bond donors (Lipinski definition) is 0. The molecule has 0 radical (unpaired) electrons. The zero-order valence-corrected chi connectivity index (χ0v) is 32.0. The number of fused-ring (bicyclic) bond motifs is 14. The van der Waals surface area contributed by atoms with E-state index in [1.165, 1.54) is 21.8 Å². The second-order valence-corrected chi connectivity index (χ2v) is 15.9. The Bertz CT molecular complexity index is 3760. The molecule has 14 rings (SSSR count). The van der Waals surface area contributed by atoms with Crippen LogP contribution in [0.15, 0.2) is 191 Å². The molecule has 12 aromatic rings. The fourth-order valence-corrected chi connectivity index (χ4v) is 9.96. The van der Waals surface area contributed by atoms with Crippen LogP contribution in [0.2, 0.25) is 0 Å². The zero-order valence-electron chi connectivity index (χ0n) is 32.0. The van der Waals surface area contributed by atoms with Crippen molar-refractivity contribution >= 4 is 83.5 Å². The van der Waals surface area contributed by atoms with Gasteiger partial charge in [-0.15, -0.1) is 0 Å². The molecule has 2 aliphatic heterocycles. The van der Waals surface area contributed by atoms with E-state index in [1.807, 2.05) is 18.2 Å². The lowest BCUT2D eigenvalue weighted by atomic mass is 9.50. The standard InChI is InChI=1S/C54H30BNO4/c1-5-16-44-36(12-1)37-13-2-6-17-45(37)56(44)35-11-9-10-31(26-35)33-21-24-49-43(29-33)55-53-41(39-15-4-8-19-48(39)60-55)28-34(30-51(53)58-49)32-20-23-47-42(27-32)52-50(57-47)25-22-40-38-14-3-7-18-46(38)59-54(40)52/h1-30H. The molecule has 9 aromatic carbocycles. The van der Waals surface area contributed by atoms with E-state index in [2.05, 4.69) is 168 Å². The minimum Gasteiger partial charge on any atom is -0.551 e. The van der Waals surface area contributed by atoms with Gasteiger partial charge in [0.25, 0.3) is 0 Å². The van der Waals surface area contributed by atoms with Gasteiger partial charge in [0.15, 0.2) is 0 Å². The lowest BCUT2D eigenvalue weighted by molar-refractivity contribution is 0.479. The van der Waals surface area contributed by atoms with Gasteiger partial charge in [0.05, 0.1) is 16.4 Å². The number of para-hydroxylation sites is 4. The lowest BCUT2D eigenvalue weighted by Gasteiger charge is -2.33. The van der Waals surface area contributed by atoms with Crippen LogP contribution in [0.3, 0.4) is 0 Å². The quantitative estimate of drug-likeness (QED) is 0.168. The molecule has 0 spiro atoms. The Morgan fingerprint density at radius 3 is 2.00 bits per heavy atom. The fraction of sp³-hybridized carbons (Fsp3) is 0. The van der Waals surface area contributed by atoms with Crippen LogP contribution in [0.25, 0.3) is 105 Å². The zero-order chi connectivity index (χ0) is 39.1. The number of nitrogens with zero attached hydrogens (tertiary/aromatic N) is 1. The van der Waals surface area contributed by atoms with E-state index in [1.54, 1.807) is 0 Å². The van der Waals surface area contributed by atoms with Crippen molar-refractivity contribution in [2.45, 2.75) is 0 Å². The van der Waals surface area contributed by atoms with Crippen LogP contribution < -0.4 is 20.3 Å². The smallest absolute Gasteiger partial charge is 0.434 e. The van der Waals surface area contributed by atoms with Crippen LogP contribution in [0.4, 0.5) is 0 Å². The van der Waals surface area contributed by atoms with Gasteiger partial charge < -0.3 is 22.8 Å². The van der Waals surface area contributed by atoms with Crippen LogP contribution in [0.1, 0.15) is 0 Å². The van der Waals surface area contributed by atoms with Crippen LogP contribution in [0.5, 0.6) is 17.2 Å². The highest BCUT2D eigenvalue weighted by Gasteiger charge is 2.41. The molecule has 6 heteroatoms. The predicted octanol–water partition coefficient (Wildman–Crippen LogP) is 13.2. The second kappa shape index (κ2) is 11.8. The van der Waals surface area contributed by atoms with E-state index in [9.17, 15) is 0 Å². The van der Waals surface area contributed by atoms with Gasteiger partial charge in [-0.1, -0.05) is 103 Å². The Morgan fingerprint density at radius 1 is 0.400 bits per heavy atom. The van der Waals surface area contributed by atoms with Gasteiger partial charge in [0.2, 0.25) is 0 Å². The Morgan fingerprint density at radius 2 is 1.12 bits per heavy atom. The molecule has 0 bridgehead atoms. The molecule has 0 amide bonds. The summed E-state index contributed by atoms with van der Waals surface area (Å²) in [6.07, 6.45) is 0. The van der Waals surface area contributed by atoms with E-state index >= 15 is 0 Å². The second-order valence-electron chi connectivity index (χ2n) is 15.9. The third kappa shape index (κ3) is 4.42. The SMILES string of the molecule is c1cc(-c2ccc3c(c2)B2Oc4ccccc4-c4cc(-c5ccc6oc7ccc8c9ccccc9oc8c7c6c5)cc(c42)O3)cc(-n2c3ccccc3c3ccccc32)c1. The molecular weight excluding hydrogens is 737 g/mol. The summed E-state index contributed by atoms with van der Waals surface area (Å²) in [4.78, 5) is 0. The fourth-order valence-electron chi connectivity index (χ4n) is 9.96. The molecule has 5 nitrogen and oxygen atoms in total. The van der Waals surface area contributed by atoms with E-state index in [0.29, 0.717) is 0 Å². The maximum absolute atomic E-state index is 6.94. The molecule has 0 N–H and O–H groups in total. The largest absolute Gasteiger partial charge is 0.551 e. The van der Waals surface area contributed by atoms with Crippen molar-refractivity contribution in [2.24, 2.45) is 0 Å². The first-order valence-corrected chi connectivity index (χ1v) is 20.3. The van der Waals surface area contributed by atoms with Gasteiger partial charge in [-0.05, 0) is 107 Å². The molecule has 2 aliphatic rings. The number of furan rings is 2. The molecule has 0 fully saturated rings. The molecule has 0 saturated carbocycles. The van der Waals surface area contributed by atoms with Crippen molar-refractivity contribution in [1.82, 2.24) is 4.57 Å². The third-order valence-corrected chi connectivity index (χ3v) is 12.7. The molecule has 60 heavy (non-hydrogen) atoms. The molecule has 278 valence electrons. The topological polar surface area (TPSA) is 49.7 Å². The van der Waals surface area contributed by atoms with Gasteiger partial charge in [0, 0.05) is 49.1 Å². The molecular formula is C54H30BNO4. The summed E-state index contributed by atoms with van der Waals surface area (Å²) in [6.45, 7) is -0.343. The Hall–Kier alpha value is -7.96. The molecule has 0 atom stereocenters. The minimum absolute atomic E-state index is 0.343. The van der Waals surface area contributed by atoms with Crippen molar-refractivity contribution in [3.8, 4) is 56.3 Å². The number of aromatic nitrogens is 1. The highest BCUT2D eigenvalue weighted by atomic mass is 16.5. The first-order chi connectivity index (χ1) is 29.7. The molecule has 0 saturated heterocycles. The van der Waals surface area contributed by atoms with Crippen LogP contribution in [-0.4, -0.2) is 11.5 Å². The summed E-state index contributed by atoms with van der Waals surface area (Å²) in [6, 6.07) is 64.1. The van der Waals surface area contributed by atoms with Gasteiger partial charge in [-0.25, -0.2) is 0 Å². The van der Waals surface area contributed by atoms with E-state index in [4.69, 9.17) is 18.2 Å². The van der Waals surface area contributed by atoms with Crippen molar-refractivity contribution in [3.63, 3.8) is 0 Å². The van der Waals surface area contributed by atoms with Crippen molar-refractivity contribution in [3.05, 3.63) is 182 Å². The lowest BCUT2D eigenvalue weighted by Crippen LogP contribution is -2.53. The van der Waals surface area contributed by atoms with Gasteiger partial charge in [-0.3, -0.25) is 0 Å². The molecule has 5 heterocycles. The Labute approximate surface area is 343 Å². The predicted molar refractivity (Wildman–Crippen MR) is 244 cm³/mol. The summed E-state index contributed by atoms with van der Waals surface area (Å²) in [5.74, 6) is 2.45. The Kier molecular flexibility index (Phi) is 6.31. The van der Waals surface area contributed by atoms with Crippen molar-refractivity contribution in [1.29, 1.82) is 0 Å². The summed E-state index contributed by atoms with van der Waals surface area (Å²) >= 11 is 0. The molecule has 0 aliphatic carbocycles. The normalized spacial score (nSPS) is 12.9. The molecule has 0 unspecified atom stereocenters. The van der Waals surface area contributed by atoms with Crippen molar-refractivity contribution in [2.75, 3.05) is 0 Å². The monoisotopic (exact) mass is 767 g/mol. The maximum atomic E-state index is 6.94. The minimum atomic E-state index is -0.343. The van der Waals surface area contributed by atoms with E-state index < -0.39 is 0 Å². The summed E-state index contributed by atoms with van der Waals surface area (Å²) in [5.41, 5.74) is 15.4. The van der Waals surface area contributed by atoms with E-state index in [-0.39, 0.29) is 6.92 Å². The summed E-state index contributed by atoms with van der Waals surface area (Å²) in [5, 5.41) is 6.67. The maximum Gasteiger partial charge on any atom is 0.434 e. The Balaban J connectivity index is 0.902. The molecule has 3 aromatic heterocycles. The van der Waals surface area contributed by atoms with Crippen LogP contribution >= 0.6 is 0 Å². The third-order valence-electron chi connectivity index (χ3n) is 12.7. The van der Waals surface area contributed by atoms with Crippen LogP contribution in [-0.2, 0) is 0 Å². The van der Waals surface area contributed by atoms with Crippen LogP contribution in [0, 0.1) is 0 Å². The van der Waals surface area contributed by atoms with E-state index in [0.717, 1.165) is 111 Å². The first kappa shape index (κ1) is 32.1. The highest BCUT2D eigenvalue weighted by molar-refractivity contribution is 6.84. The number of benzene rings is 9. The van der Waals surface area contributed by atoms with Crippen molar-refractivity contribution < 1.29 is 18.2 Å². The number of hydrogen-bond acceptors (Lipinski definition) is 4. The average molecular weight is 768 g/mol.